The zero-order chi connectivity index (χ0) is 13.8. The number of likely N-dealkylation sites (N-methyl/N-ethyl adjacent to an activating group) is 1. The largest absolute Gasteiger partial charge is 0.393 e. The molecule has 0 atom stereocenters. The van der Waals surface area contributed by atoms with Gasteiger partial charge in [-0.3, -0.25) is 9.69 Å². The van der Waals surface area contributed by atoms with E-state index in [9.17, 15) is 4.79 Å². The summed E-state index contributed by atoms with van der Waals surface area (Å²) in [5, 5.41) is 0. The molecule has 1 amide bonds. The van der Waals surface area contributed by atoms with E-state index in [2.05, 4.69) is 4.90 Å². The van der Waals surface area contributed by atoms with E-state index in [1.807, 2.05) is 13.8 Å². The highest BCUT2D eigenvalue weighted by Crippen LogP contribution is 2.16. The Kier molecular flexibility index (Phi) is 5.49. The van der Waals surface area contributed by atoms with E-state index < -0.39 is 0 Å². The molecule has 1 aliphatic heterocycles. The number of hydrogen-bond acceptors (Lipinski definition) is 4. The van der Waals surface area contributed by atoms with Crippen LogP contribution in [0.2, 0.25) is 0 Å². The average molecular weight is 273 g/mol. The molecule has 2 N–H and O–H groups in total. The number of hydrogen-bond donors (Lipinski definition) is 1. The second-order valence-electron chi connectivity index (χ2n) is 5.35. The maximum absolute atomic E-state index is 12.0. The van der Waals surface area contributed by atoms with Gasteiger partial charge in [-0.2, -0.15) is 0 Å². The molecule has 0 bridgehead atoms. The average Bonchev–Trinajstić information content (AvgIpc) is 2.24. The van der Waals surface area contributed by atoms with Gasteiger partial charge in [0.15, 0.2) is 0 Å². The zero-order valence-electron chi connectivity index (χ0n) is 11.4. The molecular weight excluding hydrogens is 250 g/mol. The standard InChI is InChI=1S/C12H23N3O2S/c1-12(2)9-15(6-7-17-12)8-11(16)14(3)5-4-10(13)18/h4-9H2,1-3H3,(H2,13,18). The van der Waals surface area contributed by atoms with Gasteiger partial charge in [-0.15, -0.1) is 0 Å². The lowest BCUT2D eigenvalue weighted by molar-refractivity contribution is -0.135. The van der Waals surface area contributed by atoms with E-state index in [1.54, 1.807) is 11.9 Å². The van der Waals surface area contributed by atoms with Crippen LogP contribution < -0.4 is 5.73 Å². The second kappa shape index (κ2) is 6.45. The van der Waals surface area contributed by atoms with E-state index >= 15 is 0 Å². The Morgan fingerprint density at radius 3 is 2.78 bits per heavy atom. The molecule has 6 heteroatoms. The molecule has 0 aromatic rings. The van der Waals surface area contributed by atoms with Crippen LogP contribution in [0.5, 0.6) is 0 Å². The number of amides is 1. The minimum Gasteiger partial charge on any atom is -0.393 e. The van der Waals surface area contributed by atoms with Crippen molar-refractivity contribution in [2.45, 2.75) is 25.9 Å². The van der Waals surface area contributed by atoms with Crippen molar-refractivity contribution in [3.63, 3.8) is 0 Å². The van der Waals surface area contributed by atoms with Crippen LogP contribution in [0.4, 0.5) is 0 Å². The van der Waals surface area contributed by atoms with Crippen molar-refractivity contribution in [3.05, 3.63) is 0 Å². The molecule has 18 heavy (non-hydrogen) atoms. The molecule has 0 aliphatic carbocycles. The summed E-state index contributed by atoms with van der Waals surface area (Å²) in [5.74, 6) is 0.101. The molecule has 0 saturated carbocycles. The summed E-state index contributed by atoms with van der Waals surface area (Å²) < 4.78 is 5.62. The number of nitrogens with zero attached hydrogens (tertiary/aromatic N) is 2. The quantitative estimate of drug-likeness (QED) is 0.727. The molecule has 1 fully saturated rings. The Morgan fingerprint density at radius 2 is 2.22 bits per heavy atom. The van der Waals surface area contributed by atoms with Crippen LogP contribution >= 0.6 is 12.2 Å². The number of carbonyl (C=O) groups is 1. The molecular formula is C12H23N3O2S. The first-order valence-electron chi connectivity index (χ1n) is 6.19. The smallest absolute Gasteiger partial charge is 0.236 e. The molecule has 1 aliphatic rings. The summed E-state index contributed by atoms with van der Waals surface area (Å²) in [4.78, 5) is 16.3. The molecule has 0 radical (unpaired) electrons. The Morgan fingerprint density at radius 1 is 1.56 bits per heavy atom. The Labute approximate surface area is 114 Å². The van der Waals surface area contributed by atoms with Crippen LogP contribution in [-0.2, 0) is 9.53 Å². The topological polar surface area (TPSA) is 58.8 Å². The van der Waals surface area contributed by atoms with Gasteiger partial charge in [0, 0.05) is 33.1 Å². The molecule has 5 nitrogen and oxygen atoms in total. The van der Waals surface area contributed by atoms with Crippen molar-refractivity contribution in [1.29, 1.82) is 0 Å². The van der Waals surface area contributed by atoms with E-state index in [4.69, 9.17) is 22.7 Å². The first kappa shape index (κ1) is 15.3. The van der Waals surface area contributed by atoms with Gasteiger partial charge in [0.05, 0.1) is 23.7 Å². The van der Waals surface area contributed by atoms with Crippen molar-refractivity contribution in [1.82, 2.24) is 9.80 Å². The first-order chi connectivity index (χ1) is 8.30. The third kappa shape index (κ3) is 5.29. The van der Waals surface area contributed by atoms with Gasteiger partial charge in [0.1, 0.15) is 0 Å². The SMILES string of the molecule is CN(CCC(N)=S)C(=O)CN1CCOC(C)(C)C1. The van der Waals surface area contributed by atoms with Crippen molar-refractivity contribution in [2.24, 2.45) is 5.73 Å². The van der Waals surface area contributed by atoms with Crippen LogP contribution in [0.25, 0.3) is 0 Å². The highest BCUT2D eigenvalue weighted by Gasteiger charge is 2.28. The Balaban J connectivity index is 2.37. The third-order valence-electron chi connectivity index (χ3n) is 2.98. The fraction of sp³-hybridized carbons (Fsp3) is 0.833. The van der Waals surface area contributed by atoms with Gasteiger partial charge in [-0.1, -0.05) is 12.2 Å². The Hall–Kier alpha value is -0.720. The number of ether oxygens (including phenoxy) is 1. The van der Waals surface area contributed by atoms with Crippen molar-refractivity contribution >= 4 is 23.1 Å². The van der Waals surface area contributed by atoms with E-state index in [1.165, 1.54) is 0 Å². The summed E-state index contributed by atoms with van der Waals surface area (Å²) in [6, 6.07) is 0. The summed E-state index contributed by atoms with van der Waals surface area (Å²) >= 11 is 4.80. The van der Waals surface area contributed by atoms with Crippen LogP contribution in [-0.4, -0.2) is 66.1 Å². The summed E-state index contributed by atoms with van der Waals surface area (Å²) in [6.45, 7) is 7.36. The predicted octanol–water partition coefficient (Wildman–Crippen LogP) is 0.232. The zero-order valence-corrected chi connectivity index (χ0v) is 12.3. The number of carbonyl (C=O) groups excluding carboxylic acids is 1. The van der Waals surface area contributed by atoms with Gasteiger partial charge in [-0.25, -0.2) is 0 Å². The lowest BCUT2D eigenvalue weighted by Gasteiger charge is -2.38. The van der Waals surface area contributed by atoms with Gasteiger partial charge in [0.25, 0.3) is 0 Å². The number of nitrogens with two attached hydrogens (primary N) is 1. The number of thiocarbonyl (C=S) groups is 1. The Bertz CT molecular complexity index is 320. The van der Waals surface area contributed by atoms with Crippen LogP contribution in [0.1, 0.15) is 20.3 Å². The molecule has 1 heterocycles. The van der Waals surface area contributed by atoms with Crippen molar-refractivity contribution in [3.8, 4) is 0 Å². The molecule has 0 spiro atoms. The lowest BCUT2D eigenvalue weighted by Crippen LogP contribution is -2.51. The molecule has 104 valence electrons. The van der Waals surface area contributed by atoms with Gasteiger partial charge in [-0.05, 0) is 13.8 Å². The highest BCUT2D eigenvalue weighted by molar-refractivity contribution is 7.80. The summed E-state index contributed by atoms with van der Waals surface area (Å²) in [6.07, 6.45) is 0.576. The third-order valence-corrected chi connectivity index (χ3v) is 3.19. The summed E-state index contributed by atoms with van der Waals surface area (Å²) in [7, 11) is 1.78. The molecule has 1 saturated heterocycles. The van der Waals surface area contributed by atoms with E-state index in [-0.39, 0.29) is 11.5 Å². The summed E-state index contributed by atoms with van der Waals surface area (Å²) in [5.41, 5.74) is 5.26. The second-order valence-corrected chi connectivity index (χ2v) is 5.87. The van der Waals surface area contributed by atoms with Crippen LogP contribution in [0.3, 0.4) is 0 Å². The van der Waals surface area contributed by atoms with Crippen LogP contribution in [0.15, 0.2) is 0 Å². The number of rotatable bonds is 5. The van der Waals surface area contributed by atoms with Crippen molar-refractivity contribution < 1.29 is 9.53 Å². The first-order valence-corrected chi connectivity index (χ1v) is 6.59. The minimum absolute atomic E-state index is 0.101. The predicted molar refractivity (Wildman–Crippen MR) is 75.5 cm³/mol. The van der Waals surface area contributed by atoms with Gasteiger partial charge >= 0.3 is 0 Å². The van der Waals surface area contributed by atoms with Gasteiger partial charge < -0.3 is 15.4 Å². The maximum atomic E-state index is 12.0. The minimum atomic E-state index is -0.171. The highest BCUT2D eigenvalue weighted by atomic mass is 32.1. The molecule has 1 rings (SSSR count). The molecule has 0 aromatic heterocycles. The maximum Gasteiger partial charge on any atom is 0.236 e. The van der Waals surface area contributed by atoms with Gasteiger partial charge in [0.2, 0.25) is 5.91 Å². The van der Waals surface area contributed by atoms with Crippen molar-refractivity contribution in [2.75, 3.05) is 39.8 Å². The normalized spacial score (nSPS) is 19.5. The lowest BCUT2D eigenvalue weighted by atomic mass is 10.1. The monoisotopic (exact) mass is 273 g/mol. The molecule has 0 aromatic carbocycles. The number of morpholine rings is 1. The fourth-order valence-electron chi connectivity index (χ4n) is 1.96. The fourth-order valence-corrected chi connectivity index (χ4v) is 2.06. The van der Waals surface area contributed by atoms with E-state index in [0.717, 1.165) is 13.1 Å². The van der Waals surface area contributed by atoms with E-state index in [0.29, 0.717) is 31.1 Å². The molecule has 0 unspecified atom stereocenters. The van der Waals surface area contributed by atoms with Crippen LogP contribution in [0, 0.1) is 0 Å².